The molecule has 144 valence electrons. The van der Waals surface area contributed by atoms with Gasteiger partial charge >= 0.3 is 5.97 Å². The summed E-state index contributed by atoms with van der Waals surface area (Å²) in [4.78, 5) is 26.5. The van der Waals surface area contributed by atoms with Crippen LogP contribution in [0.3, 0.4) is 0 Å². The summed E-state index contributed by atoms with van der Waals surface area (Å²) in [7, 11) is 0. The third kappa shape index (κ3) is 3.23. The topological polar surface area (TPSA) is 71.8 Å². The lowest BCUT2D eigenvalue weighted by Crippen LogP contribution is -2.43. The highest BCUT2D eigenvalue weighted by Gasteiger charge is 2.41. The predicted octanol–water partition coefficient (Wildman–Crippen LogP) is 3.00. The Morgan fingerprint density at radius 1 is 1.19 bits per heavy atom. The van der Waals surface area contributed by atoms with E-state index < -0.39 is 11.9 Å². The zero-order valence-corrected chi connectivity index (χ0v) is 15.6. The van der Waals surface area contributed by atoms with Gasteiger partial charge in [-0.05, 0) is 38.2 Å². The average molecular weight is 370 g/mol. The summed E-state index contributed by atoms with van der Waals surface area (Å²) in [6.45, 7) is 4.73. The number of carboxylic acid groups (broad SMARTS) is 1. The van der Waals surface area contributed by atoms with Crippen LogP contribution < -0.4 is 0 Å². The maximum Gasteiger partial charge on any atom is 0.309 e. The first-order valence-corrected chi connectivity index (χ1v) is 9.81. The van der Waals surface area contributed by atoms with E-state index in [9.17, 15) is 14.7 Å². The highest BCUT2D eigenvalue weighted by atomic mass is 16.5. The Balaban J connectivity index is 1.47. The molecular formula is C21H26N2O4. The number of carboxylic acids is 1. The Kier molecular flexibility index (Phi) is 4.91. The Bertz CT molecular complexity index is 851. The summed E-state index contributed by atoms with van der Waals surface area (Å²) in [6, 6.07) is 8.01. The number of fused-ring (bicyclic) bond motifs is 1. The van der Waals surface area contributed by atoms with Crippen molar-refractivity contribution >= 4 is 22.8 Å². The average Bonchev–Trinajstić information content (AvgIpc) is 3.32. The molecule has 0 aliphatic carbocycles. The molecule has 0 radical (unpaired) electrons. The highest BCUT2D eigenvalue weighted by molar-refractivity contribution is 6.07. The van der Waals surface area contributed by atoms with E-state index in [1.807, 2.05) is 35.4 Å². The lowest BCUT2D eigenvalue weighted by Gasteiger charge is -2.35. The van der Waals surface area contributed by atoms with Gasteiger partial charge in [-0.15, -0.1) is 0 Å². The number of carbonyl (C=O) groups excluding carboxylic acids is 1. The lowest BCUT2D eigenvalue weighted by atomic mass is 9.84. The molecule has 0 saturated carbocycles. The molecule has 6 heteroatoms. The van der Waals surface area contributed by atoms with Crippen LogP contribution in [0.15, 0.2) is 30.5 Å². The van der Waals surface area contributed by atoms with Crippen molar-refractivity contribution in [2.24, 2.45) is 11.8 Å². The number of carbonyl (C=O) groups is 2. The van der Waals surface area contributed by atoms with Gasteiger partial charge in [-0.1, -0.05) is 18.2 Å². The molecule has 2 atom stereocenters. The van der Waals surface area contributed by atoms with Gasteiger partial charge in [0.2, 0.25) is 0 Å². The molecule has 0 spiro atoms. The number of benzene rings is 1. The number of hydrogen-bond acceptors (Lipinski definition) is 3. The summed E-state index contributed by atoms with van der Waals surface area (Å²) < 4.78 is 7.84. The predicted molar refractivity (Wildman–Crippen MR) is 102 cm³/mol. The first kappa shape index (κ1) is 18.0. The van der Waals surface area contributed by atoms with Crippen LogP contribution >= 0.6 is 0 Å². The van der Waals surface area contributed by atoms with Gasteiger partial charge in [0, 0.05) is 43.3 Å². The van der Waals surface area contributed by atoms with Crippen LogP contribution in [0.5, 0.6) is 0 Å². The van der Waals surface area contributed by atoms with Crippen LogP contribution in [-0.2, 0) is 16.1 Å². The standard InChI is InChI=1S/C21H26N2O4/c1-2-22-13-17(15-5-3-4-6-18(15)22)20(24)23-10-7-14(8-11-23)19-16(21(25)26)9-12-27-19/h3-6,13-14,16,19H,2,7-12H2,1H3,(H,25,26)/t16?,19-/m0/s1. The summed E-state index contributed by atoms with van der Waals surface area (Å²) in [5.41, 5.74) is 1.84. The lowest BCUT2D eigenvalue weighted by molar-refractivity contribution is -0.145. The quantitative estimate of drug-likeness (QED) is 0.898. The number of nitrogens with zero attached hydrogens (tertiary/aromatic N) is 2. The first-order chi connectivity index (χ1) is 13.1. The molecular weight excluding hydrogens is 344 g/mol. The molecule has 1 N–H and O–H groups in total. The molecule has 4 rings (SSSR count). The van der Waals surface area contributed by atoms with Gasteiger partial charge in [0.1, 0.15) is 0 Å². The van der Waals surface area contributed by atoms with Crippen molar-refractivity contribution in [2.45, 2.75) is 38.8 Å². The van der Waals surface area contributed by atoms with Crippen molar-refractivity contribution < 1.29 is 19.4 Å². The monoisotopic (exact) mass is 370 g/mol. The van der Waals surface area contributed by atoms with Gasteiger partial charge < -0.3 is 19.3 Å². The van der Waals surface area contributed by atoms with E-state index in [0.29, 0.717) is 26.1 Å². The molecule has 2 aliphatic rings. The van der Waals surface area contributed by atoms with Crippen molar-refractivity contribution in [1.29, 1.82) is 0 Å². The molecule has 1 unspecified atom stereocenters. The summed E-state index contributed by atoms with van der Waals surface area (Å²) in [6.07, 6.45) is 3.94. The molecule has 1 aromatic heterocycles. The molecule has 2 aromatic rings. The highest BCUT2D eigenvalue weighted by Crippen LogP contribution is 2.34. The van der Waals surface area contributed by atoms with Gasteiger partial charge in [0.05, 0.1) is 17.6 Å². The minimum atomic E-state index is -0.761. The van der Waals surface area contributed by atoms with E-state index in [-0.39, 0.29) is 17.9 Å². The first-order valence-electron chi connectivity index (χ1n) is 9.81. The smallest absolute Gasteiger partial charge is 0.309 e. The van der Waals surface area contributed by atoms with Crippen LogP contribution in [0.1, 0.15) is 36.5 Å². The third-order valence-electron chi connectivity index (χ3n) is 6.10. The second-order valence-corrected chi connectivity index (χ2v) is 7.54. The normalized spacial score (nSPS) is 23.8. The molecule has 0 bridgehead atoms. The second kappa shape index (κ2) is 7.35. The molecule has 2 aliphatic heterocycles. The molecule has 1 aromatic carbocycles. The molecule has 6 nitrogen and oxygen atoms in total. The summed E-state index contributed by atoms with van der Waals surface area (Å²) in [5, 5.41) is 10.4. The van der Waals surface area contributed by atoms with Crippen molar-refractivity contribution in [3.05, 3.63) is 36.0 Å². The second-order valence-electron chi connectivity index (χ2n) is 7.54. The van der Waals surface area contributed by atoms with Gasteiger partial charge in [0.25, 0.3) is 5.91 Å². The van der Waals surface area contributed by atoms with Crippen molar-refractivity contribution in [2.75, 3.05) is 19.7 Å². The van der Waals surface area contributed by atoms with E-state index >= 15 is 0 Å². The van der Waals surface area contributed by atoms with Gasteiger partial charge in [0.15, 0.2) is 0 Å². The minimum Gasteiger partial charge on any atom is -0.481 e. The molecule has 2 fully saturated rings. The maximum atomic E-state index is 13.1. The van der Waals surface area contributed by atoms with Crippen LogP contribution in [-0.4, -0.2) is 52.3 Å². The zero-order valence-electron chi connectivity index (χ0n) is 15.6. The fraction of sp³-hybridized carbons (Fsp3) is 0.524. The molecule has 2 saturated heterocycles. The Hall–Kier alpha value is -2.34. The number of amides is 1. The number of rotatable bonds is 4. The van der Waals surface area contributed by atoms with E-state index in [0.717, 1.165) is 35.9 Å². The van der Waals surface area contributed by atoms with Crippen molar-refractivity contribution in [1.82, 2.24) is 9.47 Å². The Labute approximate surface area is 158 Å². The number of aromatic nitrogens is 1. The summed E-state index contributed by atoms with van der Waals surface area (Å²) in [5.74, 6) is -0.878. The van der Waals surface area contributed by atoms with Crippen LogP contribution in [0, 0.1) is 11.8 Å². The van der Waals surface area contributed by atoms with Gasteiger partial charge in [-0.2, -0.15) is 0 Å². The maximum absolute atomic E-state index is 13.1. The third-order valence-corrected chi connectivity index (χ3v) is 6.10. The number of likely N-dealkylation sites (tertiary alicyclic amines) is 1. The van der Waals surface area contributed by atoms with E-state index in [4.69, 9.17) is 4.74 Å². The number of aliphatic carboxylic acids is 1. The molecule has 3 heterocycles. The summed E-state index contributed by atoms with van der Waals surface area (Å²) >= 11 is 0. The fourth-order valence-electron chi connectivity index (χ4n) is 4.62. The van der Waals surface area contributed by atoms with Gasteiger partial charge in [-0.25, -0.2) is 0 Å². The van der Waals surface area contributed by atoms with E-state index in [1.165, 1.54) is 0 Å². The fourth-order valence-corrected chi connectivity index (χ4v) is 4.62. The number of piperidine rings is 1. The van der Waals surface area contributed by atoms with Crippen molar-refractivity contribution in [3.63, 3.8) is 0 Å². The largest absolute Gasteiger partial charge is 0.481 e. The van der Waals surface area contributed by atoms with Crippen LogP contribution in [0.25, 0.3) is 10.9 Å². The Morgan fingerprint density at radius 3 is 2.63 bits per heavy atom. The molecule has 27 heavy (non-hydrogen) atoms. The van der Waals surface area contributed by atoms with Crippen LogP contribution in [0.2, 0.25) is 0 Å². The number of ether oxygens (including phenoxy) is 1. The number of aryl methyl sites for hydroxylation is 1. The van der Waals surface area contributed by atoms with E-state index in [2.05, 4.69) is 11.5 Å². The van der Waals surface area contributed by atoms with Crippen molar-refractivity contribution in [3.8, 4) is 0 Å². The van der Waals surface area contributed by atoms with E-state index in [1.54, 1.807) is 0 Å². The number of para-hydroxylation sites is 1. The number of hydrogen-bond donors (Lipinski definition) is 1. The van der Waals surface area contributed by atoms with Gasteiger partial charge in [-0.3, -0.25) is 9.59 Å². The SMILES string of the molecule is CCn1cc(C(=O)N2CCC([C@@H]3OCCC3C(=O)O)CC2)c2ccccc21. The minimum absolute atomic E-state index is 0.0685. The van der Waals surface area contributed by atoms with Crippen LogP contribution in [0.4, 0.5) is 0 Å². The molecule has 1 amide bonds. The Morgan fingerprint density at radius 2 is 1.93 bits per heavy atom. The zero-order chi connectivity index (χ0) is 19.0.